The SMILES string of the molecule is CCn1cc([N+](=O)[O-])c(C(=O)Nc2c(C(N)=O)sc3nc(C(F)F)cc(-c4cn(C)nc4C)c23)n1. The number of carbonyl (C=O) groups excluding carboxylic acids is 2. The number of aromatic nitrogens is 5. The summed E-state index contributed by atoms with van der Waals surface area (Å²) in [6, 6.07) is 1.15. The lowest BCUT2D eigenvalue weighted by molar-refractivity contribution is -0.385. The summed E-state index contributed by atoms with van der Waals surface area (Å²) in [5.74, 6) is -1.91. The van der Waals surface area contributed by atoms with Crippen molar-refractivity contribution < 1.29 is 23.3 Å². The first kappa shape index (κ1) is 23.9. The van der Waals surface area contributed by atoms with Crippen molar-refractivity contribution in [3.05, 3.63) is 50.5 Å². The smallest absolute Gasteiger partial charge is 0.320 e. The molecule has 0 aliphatic carbocycles. The molecule has 0 saturated carbocycles. The van der Waals surface area contributed by atoms with Crippen LogP contribution >= 0.6 is 11.3 Å². The first-order valence-electron chi connectivity index (χ1n) is 10.1. The highest BCUT2D eigenvalue weighted by atomic mass is 32.1. The van der Waals surface area contributed by atoms with Crippen LogP contribution in [-0.2, 0) is 13.6 Å². The molecule has 0 aliphatic heterocycles. The molecule has 15 heteroatoms. The number of anilines is 1. The number of nitrogens with one attached hydrogen (secondary N) is 1. The van der Waals surface area contributed by atoms with Crippen molar-refractivity contribution in [2.24, 2.45) is 12.8 Å². The second-order valence-corrected chi connectivity index (χ2v) is 8.48. The highest BCUT2D eigenvalue weighted by Crippen LogP contribution is 2.43. The van der Waals surface area contributed by atoms with Gasteiger partial charge in [0.15, 0.2) is 0 Å². The van der Waals surface area contributed by atoms with E-state index in [0.29, 0.717) is 11.3 Å². The number of carbonyl (C=O) groups is 2. The maximum Gasteiger partial charge on any atom is 0.320 e. The van der Waals surface area contributed by atoms with E-state index in [0.717, 1.165) is 23.6 Å². The third-order valence-electron chi connectivity index (χ3n) is 5.15. The number of hydrogen-bond donors (Lipinski definition) is 2. The summed E-state index contributed by atoms with van der Waals surface area (Å²) in [4.78, 5) is 39.8. The molecule has 4 rings (SSSR count). The Morgan fingerprint density at radius 1 is 1.29 bits per heavy atom. The second kappa shape index (κ2) is 8.83. The Kier molecular flexibility index (Phi) is 6.02. The van der Waals surface area contributed by atoms with Gasteiger partial charge in [-0.15, -0.1) is 11.3 Å². The van der Waals surface area contributed by atoms with Gasteiger partial charge in [-0.2, -0.15) is 10.2 Å². The van der Waals surface area contributed by atoms with Crippen molar-refractivity contribution in [3.63, 3.8) is 0 Å². The lowest BCUT2D eigenvalue weighted by Crippen LogP contribution is -2.18. The minimum Gasteiger partial charge on any atom is -0.365 e. The molecule has 0 bridgehead atoms. The number of primary amides is 1. The number of halogens is 2. The molecule has 0 saturated heterocycles. The standard InChI is InChI=1S/C20H18F2N8O4S/c1-4-29-7-12(30(33)34)14(27-29)19(32)25-15-13-9(10-6-28(3)26-8(10)2)5-11(17(21)22)24-20(13)35-16(15)18(23)31/h5-7,17H,4H2,1-3H3,(H2,23,31)(H,25,32). The van der Waals surface area contributed by atoms with Crippen LogP contribution in [0.5, 0.6) is 0 Å². The predicted octanol–water partition coefficient (Wildman–Crippen LogP) is 3.42. The lowest BCUT2D eigenvalue weighted by Gasteiger charge is -2.10. The van der Waals surface area contributed by atoms with E-state index in [2.05, 4.69) is 20.5 Å². The molecule has 0 radical (unpaired) electrons. The molecule has 0 atom stereocenters. The fourth-order valence-electron chi connectivity index (χ4n) is 3.64. The molecule has 0 aromatic carbocycles. The first-order valence-corrected chi connectivity index (χ1v) is 10.9. The summed E-state index contributed by atoms with van der Waals surface area (Å²) in [5.41, 5.74) is 5.06. The molecule has 4 aromatic heterocycles. The predicted molar refractivity (Wildman–Crippen MR) is 123 cm³/mol. The molecule has 12 nitrogen and oxygen atoms in total. The van der Waals surface area contributed by atoms with Gasteiger partial charge in [0.05, 0.1) is 16.3 Å². The van der Waals surface area contributed by atoms with E-state index in [9.17, 15) is 28.5 Å². The highest BCUT2D eigenvalue weighted by Gasteiger charge is 2.30. The van der Waals surface area contributed by atoms with E-state index in [4.69, 9.17) is 5.73 Å². The zero-order chi connectivity index (χ0) is 25.6. The molecule has 4 aromatic rings. The van der Waals surface area contributed by atoms with Crippen molar-refractivity contribution in [1.82, 2.24) is 24.5 Å². The number of fused-ring (bicyclic) bond motifs is 1. The van der Waals surface area contributed by atoms with Crippen LogP contribution in [0, 0.1) is 17.0 Å². The molecule has 182 valence electrons. The number of hydrogen-bond acceptors (Lipinski definition) is 8. The number of alkyl halides is 2. The molecule has 4 heterocycles. The monoisotopic (exact) mass is 504 g/mol. The molecule has 0 spiro atoms. The topological polar surface area (TPSA) is 164 Å². The largest absolute Gasteiger partial charge is 0.365 e. The Morgan fingerprint density at radius 2 is 2.00 bits per heavy atom. The fraction of sp³-hybridized carbons (Fsp3) is 0.250. The molecular weight excluding hydrogens is 486 g/mol. The van der Waals surface area contributed by atoms with E-state index in [1.54, 1.807) is 27.1 Å². The van der Waals surface area contributed by atoms with Gasteiger partial charge in [0.25, 0.3) is 18.2 Å². The van der Waals surface area contributed by atoms with Gasteiger partial charge in [-0.05, 0) is 25.5 Å². The van der Waals surface area contributed by atoms with Crippen LogP contribution in [0.25, 0.3) is 21.3 Å². The summed E-state index contributed by atoms with van der Waals surface area (Å²) >= 11 is 0.722. The van der Waals surface area contributed by atoms with Crippen LogP contribution in [0.1, 0.15) is 44.9 Å². The van der Waals surface area contributed by atoms with E-state index < -0.39 is 40.2 Å². The fourth-order valence-corrected chi connectivity index (χ4v) is 4.65. The molecule has 2 amide bonds. The number of thiophene rings is 1. The number of rotatable bonds is 7. The van der Waals surface area contributed by atoms with Gasteiger partial charge in [-0.25, -0.2) is 13.8 Å². The number of pyridine rings is 1. The van der Waals surface area contributed by atoms with E-state index >= 15 is 0 Å². The van der Waals surface area contributed by atoms with Crippen LogP contribution in [0.3, 0.4) is 0 Å². The van der Waals surface area contributed by atoms with Crippen molar-refractivity contribution in [2.75, 3.05) is 5.32 Å². The zero-order valence-electron chi connectivity index (χ0n) is 18.6. The number of nitrogens with zero attached hydrogens (tertiary/aromatic N) is 6. The van der Waals surface area contributed by atoms with E-state index in [1.165, 1.54) is 9.36 Å². The Balaban J connectivity index is 1.97. The minimum atomic E-state index is -2.91. The van der Waals surface area contributed by atoms with Crippen LogP contribution < -0.4 is 11.1 Å². The van der Waals surface area contributed by atoms with Gasteiger partial charge in [-0.1, -0.05) is 0 Å². The highest BCUT2D eigenvalue weighted by molar-refractivity contribution is 7.21. The van der Waals surface area contributed by atoms with Crippen LogP contribution in [0.15, 0.2) is 18.5 Å². The Morgan fingerprint density at radius 3 is 2.54 bits per heavy atom. The van der Waals surface area contributed by atoms with Gasteiger partial charge in [0.2, 0.25) is 5.69 Å². The van der Waals surface area contributed by atoms with Gasteiger partial charge in [-0.3, -0.25) is 29.1 Å². The van der Waals surface area contributed by atoms with Crippen LogP contribution in [0.4, 0.5) is 20.2 Å². The van der Waals surface area contributed by atoms with Crippen LogP contribution in [0.2, 0.25) is 0 Å². The van der Waals surface area contributed by atoms with Gasteiger partial charge in [0, 0.05) is 30.7 Å². The number of nitro groups is 1. The summed E-state index contributed by atoms with van der Waals surface area (Å²) in [7, 11) is 1.65. The number of aryl methyl sites for hydroxylation is 3. The van der Waals surface area contributed by atoms with Crippen molar-refractivity contribution >= 4 is 44.7 Å². The van der Waals surface area contributed by atoms with E-state index in [1.807, 2.05) is 0 Å². The van der Waals surface area contributed by atoms with Crippen molar-refractivity contribution in [3.8, 4) is 11.1 Å². The zero-order valence-corrected chi connectivity index (χ0v) is 19.4. The maximum atomic E-state index is 13.6. The van der Waals surface area contributed by atoms with Gasteiger partial charge in [0.1, 0.15) is 21.6 Å². The van der Waals surface area contributed by atoms with E-state index in [-0.39, 0.29) is 32.9 Å². The number of nitrogens with two attached hydrogens (primary N) is 1. The van der Waals surface area contributed by atoms with Crippen molar-refractivity contribution in [1.29, 1.82) is 0 Å². The molecule has 3 N–H and O–H groups in total. The lowest BCUT2D eigenvalue weighted by atomic mass is 10.0. The first-order chi connectivity index (χ1) is 16.5. The Bertz CT molecular complexity index is 1510. The average Bonchev–Trinajstić information content (AvgIpc) is 3.48. The third-order valence-corrected chi connectivity index (χ3v) is 6.25. The molecular formula is C20H18F2N8O4S. The van der Waals surface area contributed by atoms with Crippen LogP contribution in [-0.4, -0.2) is 41.3 Å². The number of amides is 2. The summed E-state index contributed by atoms with van der Waals surface area (Å²) in [6.45, 7) is 3.63. The Labute approximate surface area is 199 Å². The van der Waals surface area contributed by atoms with Gasteiger partial charge >= 0.3 is 5.69 Å². The molecule has 0 fully saturated rings. The summed E-state index contributed by atoms with van der Waals surface area (Å²) in [6.07, 6.45) is -0.204. The third kappa shape index (κ3) is 4.21. The Hall–Kier alpha value is -4.27. The summed E-state index contributed by atoms with van der Waals surface area (Å²) in [5, 5.41) is 22.3. The average molecular weight is 504 g/mol. The second-order valence-electron chi connectivity index (χ2n) is 7.48. The summed E-state index contributed by atoms with van der Waals surface area (Å²) < 4.78 is 30.0. The van der Waals surface area contributed by atoms with Gasteiger partial charge < -0.3 is 11.1 Å². The quantitative estimate of drug-likeness (QED) is 0.287. The maximum absolute atomic E-state index is 13.6. The molecule has 0 unspecified atom stereocenters. The minimum absolute atomic E-state index is 0.0266. The normalized spacial score (nSPS) is 11.4. The molecule has 0 aliphatic rings. The molecule has 35 heavy (non-hydrogen) atoms. The van der Waals surface area contributed by atoms with Crippen molar-refractivity contribution in [2.45, 2.75) is 26.8 Å².